The predicted octanol–water partition coefficient (Wildman–Crippen LogP) is 1.08. The lowest BCUT2D eigenvalue weighted by Gasteiger charge is -2.26. The predicted molar refractivity (Wildman–Crippen MR) is 97.2 cm³/mol. The number of nitrogens with one attached hydrogen (secondary N) is 1. The molecule has 2 aromatic rings. The summed E-state index contributed by atoms with van der Waals surface area (Å²) in [6, 6.07) is 1.86. The van der Waals surface area contributed by atoms with Crippen molar-refractivity contribution in [2.24, 2.45) is 0 Å². The molecular weight excluding hydrogens is 342 g/mol. The minimum Gasteiger partial charge on any atom is -0.396 e. The highest BCUT2D eigenvalue weighted by Crippen LogP contribution is 2.29. The number of nitrogen functional groups attached to an aromatic ring is 1. The number of nitrogens with zero attached hydrogens (tertiary/aromatic N) is 3. The quantitative estimate of drug-likeness (QED) is 0.809. The summed E-state index contributed by atoms with van der Waals surface area (Å²) in [7, 11) is -2.84. The Labute approximate surface area is 147 Å². The minimum absolute atomic E-state index is 0.236. The lowest BCUT2D eigenvalue weighted by Crippen LogP contribution is -2.42. The van der Waals surface area contributed by atoms with E-state index in [-0.39, 0.29) is 11.5 Å². The van der Waals surface area contributed by atoms with Crippen LogP contribution in [-0.2, 0) is 9.84 Å². The summed E-state index contributed by atoms with van der Waals surface area (Å²) in [4.78, 5) is 6.53. The fraction of sp³-hybridized carbons (Fsp3) is 0.500. The van der Waals surface area contributed by atoms with Crippen molar-refractivity contribution >= 4 is 21.3 Å². The Morgan fingerprint density at radius 1 is 1.32 bits per heavy atom. The largest absolute Gasteiger partial charge is 0.396 e. The SMILES string of the molecule is Cc1noc(C)c1-c1cnc(NCCN2CCS(=O)(=O)CC2)c(N)c1. The summed E-state index contributed by atoms with van der Waals surface area (Å²) in [5.41, 5.74) is 9.27. The topological polar surface area (TPSA) is 114 Å². The van der Waals surface area contributed by atoms with Crippen molar-refractivity contribution in [1.82, 2.24) is 15.0 Å². The van der Waals surface area contributed by atoms with Crippen LogP contribution in [0.4, 0.5) is 11.5 Å². The van der Waals surface area contributed by atoms with Gasteiger partial charge in [0.15, 0.2) is 9.84 Å². The number of sulfone groups is 1. The van der Waals surface area contributed by atoms with Crippen molar-refractivity contribution in [1.29, 1.82) is 0 Å². The molecule has 25 heavy (non-hydrogen) atoms. The fourth-order valence-electron chi connectivity index (χ4n) is 2.97. The Bertz CT molecular complexity index is 829. The van der Waals surface area contributed by atoms with Gasteiger partial charge in [-0.25, -0.2) is 13.4 Å². The molecule has 0 saturated carbocycles. The first-order chi connectivity index (χ1) is 11.9. The van der Waals surface area contributed by atoms with E-state index in [2.05, 4.69) is 20.4 Å². The molecule has 0 aliphatic carbocycles. The summed E-state index contributed by atoms with van der Waals surface area (Å²) >= 11 is 0. The summed E-state index contributed by atoms with van der Waals surface area (Å²) in [6.07, 6.45) is 1.75. The lowest BCUT2D eigenvalue weighted by atomic mass is 10.1. The maximum Gasteiger partial charge on any atom is 0.152 e. The zero-order valence-electron chi connectivity index (χ0n) is 14.4. The lowest BCUT2D eigenvalue weighted by molar-refractivity contribution is 0.307. The van der Waals surface area contributed by atoms with Crippen LogP contribution >= 0.6 is 0 Å². The third-order valence-corrected chi connectivity index (χ3v) is 6.01. The number of anilines is 2. The molecule has 3 rings (SSSR count). The molecule has 0 radical (unpaired) electrons. The monoisotopic (exact) mass is 365 g/mol. The van der Waals surface area contributed by atoms with Gasteiger partial charge in [0.1, 0.15) is 11.6 Å². The Morgan fingerprint density at radius 2 is 2.04 bits per heavy atom. The van der Waals surface area contributed by atoms with Gasteiger partial charge in [0.05, 0.1) is 22.9 Å². The van der Waals surface area contributed by atoms with E-state index in [1.54, 1.807) is 6.20 Å². The third kappa shape index (κ3) is 4.10. The number of hydrogen-bond acceptors (Lipinski definition) is 8. The Kier molecular flexibility index (Phi) is 4.96. The molecule has 1 fully saturated rings. The van der Waals surface area contributed by atoms with Gasteiger partial charge < -0.3 is 15.6 Å². The van der Waals surface area contributed by atoms with E-state index in [1.165, 1.54) is 0 Å². The Morgan fingerprint density at radius 3 is 2.64 bits per heavy atom. The van der Waals surface area contributed by atoms with Crippen LogP contribution in [0.2, 0.25) is 0 Å². The standard InChI is InChI=1S/C16H23N5O3S/c1-11-15(12(2)24-20-11)13-9-14(17)16(19-10-13)18-3-4-21-5-7-25(22,23)8-6-21/h9-10H,3-8,17H2,1-2H3,(H,18,19). The van der Waals surface area contributed by atoms with E-state index in [0.29, 0.717) is 31.1 Å². The van der Waals surface area contributed by atoms with E-state index in [0.717, 1.165) is 29.1 Å². The van der Waals surface area contributed by atoms with Crippen LogP contribution in [0.1, 0.15) is 11.5 Å². The van der Waals surface area contributed by atoms with Gasteiger partial charge in [0.25, 0.3) is 0 Å². The molecule has 9 heteroatoms. The van der Waals surface area contributed by atoms with Gasteiger partial charge in [-0.3, -0.25) is 4.90 Å². The summed E-state index contributed by atoms with van der Waals surface area (Å²) in [5, 5.41) is 7.17. The van der Waals surface area contributed by atoms with E-state index in [4.69, 9.17) is 10.3 Å². The van der Waals surface area contributed by atoms with Crippen molar-refractivity contribution in [3.63, 3.8) is 0 Å². The van der Waals surface area contributed by atoms with Gasteiger partial charge in [0.2, 0.25) is 0 Å². The second-order valence-corrected chi connectivity index (χ2v) is 8.58. The molecule has 0 amide bonds. The van der Waals surface area contributed by atoms with Crippen molar-refractivity contribution in [2.75, 3.05) is 48.7 Å². The molecule has 0 bridgehead atoms. The highest BCUT2D eigenvalue weighted by atomic mass is 32.2. The molecule has 0 unspecified atom stereocenters. The normalized spacial score (nSPS) is 17.5. The zero-order chi connectivity index (χ0) is 18.0. The second-order valence-electron chi connectivity index (χ2n) is 6.28. The molecule has 1 saturated heterocycles. The summed E-state index contributed by atoms with van der Waals surface area (Å²) in [6.45, 7) is 6.31. The molecule has 0 atom stereocenters. The van der Waals surface area contributed by atoms with Crippen LogP contribution in [0.15, 0.2) is 16.8 Å². The molecule has 8 nitrogen and oxygen atoms in total. The number of aryl methyl sites for hydroxylation is 2. The smallest absolute Gasteiger partial charge is 0.152 e. The van der Waals surface area contributed by atoms with Crippen LogP contribution in [0.25, 0.3) is 11.1 Å². The van der Waals surface area contributed by atoms with E-state index in [9.17, 15) is 8.42 Å². The molecule has 1 aliphatic rings. The number of pyridine rings is 1. The molecule has 136 valence electrons. The van der Waals surface area contributed by atoms with Gasteiger partial charge >= 0.3 is 0 Å². The summed E-state index contributed by atoms with van der Waals surface area (Å²) < 4.78 is 28.1. The first-order valence-electron chi connectivity index (χ1n) is 8.21. The fourth-order valence-corrected chi connectivity index (χ4v) is 4.24. The number of aromatic nitrogens is 2. The molecule has 0 spiro atoms. The maximum atomic E-state index is 11.4. The van der Waals surface area contributed by atoms with Crippen LogP contribution in [0.3, 0.4) is 0 Å². The Balaban J connectivity index is 1.59. The molecule has 0 aromatic carbocycles. The average molecular weight is 365 g/mol. The Hall–Kier alpha value is -2.13. The highest BCUT2D eigenvalue weighted by Gasteiger charge is 2.21. The van der Waals surface area contributed by atoms with Crippen LogP contribution in [0.5, 0.6) is 0 Å². The molecule has 3 N–H and O–H groups in total. The number of hydrogen-bond donors (Lipinski definition) is 2. The number of nitrogens with two attached hydrogens (primary N) is 1. The van der Waals surface area contributed by atoms with Gasteiger partial charge in [-0.05, 0) is 19.9 Å². The van der Waals surface area contributed by atoms with Crippen molar-refractivity contribution < 1.29 is 12.9 Å². The second kappa shape index (κ2) is 7.01. The van der Waals surface area contributed by atoms with Gasteiger partial charge in [-0.1, -0.05) is 5.16 Å². The van der Waals surface area contributed by atoms with Gasteiger partial charge in [0, 0.05) is 43.5 Å². The molecule has 2 aromatic heterocycles. The highest BCUT2D eigenvalue weighted by molar-refractivity contribution is 7.91. The minimum atomic E-state index is -2.84. The number of rotatable bonds is 5. The van der Waals surface area contributed by atoms with Crippen LogP contribution < -0.4 is 11.1 Å². The first-order valence-corrected chi connectivity index (χ1v) is 10.0. The first kappa shape index (κ1) is 17.7. The van der Waals surface area contributed by atoms with E-state index >= 15 is 0 Å². The van der Waals surface area contributed by atoms with E-state index in [1.807, 2.05) is 19.9 Å². The van der Waals surface area contributed by atoms with Gasteiger partial charge in [-0.2, -0.15) is 0 Å². The van der Waals surface area contributed by atoms with Crippen molar-refractivity contribution in [3.05, 3.63) is 23.7 Å². The average Bonchev–Trinajstić information content (AvgIpc) is 2.89. The summed E-state index contributed by atoms with van der Waals surface area (Å²) in [5.74, 6) is 1.83. The van der Waals surface area contributed by atoms with E-state index < -0.39 is 9.84 Å². The zero-order valence-corrected chi connectivity index (χ0v) is 15.3. The van der Waals surface area contributed by atoms with Crippen molar-refractivity contribution in [2.45, 2.75) is 13.8 Å². The van der Waals surface area contributed by atoms with Crippen LogP contribution in [0, 0.1) is 13.8 Å². The maximum absolute atomic E-state index is 11.4. The molecular formula is C16H23N5O3S. The van der Waals surface area contributed by atoms with Crippen molar-refractivity contribution in [3.8, 4) is 11.1 Å². The van der Waals surface area contributed by atoms with Gasteiger partial charge in [-0.15, -0.1) is 0 Å². The van der Waals surface area contributed by atoms with Crippen LogP contribution in [-0.4, -0.2) is 61.1 Å². The third-order valence-electron chi connectivity index (χ3n) is 4.40. The molecule has 3 heterocycles. The molecule has 1 aliphatic heterocycles.